The van der Waals surface area contributed by atoms with Crippen molar-refractivity contribution < 1.29 is 19.4 Å². The van der Waals surface area contributed by atoms with E-state index in [2.05, 4.69) is 5.32 Å². The fraction of sp³-hybridized carbons (Fsp3) is 0.250. The topological polar surface area (TPSA) is 95.6 Å². The van der Waals surface area contributed by atoms with Crippen LogP contribution in [0.15, 0.2) is 54.6 Å². The number of amides is 1. The highest BCUT2D eigenvalue weighted by molar-refractivity contribution is 6.01. The van der Waals surface area contributed by atoms with E-state index in [1.807, 2.05) is 6.92 Å². The second kappa shape index (κ2) is 9.01. The lowest BCUT2D eigenvalue weighted by atomic mass is 9.93. The van der Waals surface area contributed by atoms with Gasteiger partial charge in [-0.15, -0.1) is 0 Å². The van der Waals surface area contributed by atoms with Crippen molar-refractivity contribution in [1.29, 1.82) is 0 Å². The smallest absolute Gasteiger partial charge is 0.248 e. The number of hydrogen-bond acceptors (Lipinski definition) is 4. The summed E-state index contributed by atoms with van der Waals surface area (Å²) in [5.41, 5.74) is 7.22. The van der Waals surface area contributed by atoms with Crippen molar-refractivity contribution in [3.8, 4) is 5.75 Å². The van der Waals surface area contributed by atoms with Crippen molar-refractivity contribution in [1.82, 2.24) is 0 Å². The van der Waals surface area contributed by atoms with Gasteiger partial charge in [-0.1, -0.05) is 31.2 Å². The molecule has 0 aromatic heterocycles. The summed E-state index contributed by atoms with van der Waals surface area (Å²) in [5.74, 6) is -1.62. The number of phenols is 1. The number of halogens is 1. The molecule has 0 heterocycles. The molecular formula is C20H23FN2O3. The number of nitrogens with two attached hydrogens (primary N) is 1. The molecule has 2 aromatic carbocycles. The number of hydrogen-bond donors (Lipinski definition) is 4. The zero-order chi connectivity index (χ0) is 19.1. The summed E-state index contributed by atoms with van der Waals surface area (Å²) in [6.45, 7) is 1.84. The van der Waals surface area contributed by atoms with Gasteiger partial charge in [0.05, 0.1) is 17.5 Å². The number of benzene rings is 2. The van der Waals surface area contributed by atoms with Crippen LogP contribution in [0.5, 0.6) is 5.75 Å². The van der Waals surface area contributed by atoms with Gasteiger partial charge in [-0.25, -0.2) is 4.39 Å². The summed E-state index contributed by atoms with van der Waals surface area (Å²) < 4.78 is 13.4. The van der Waals surface area contributed by atoms with Gasteiger partial charge in [-0.2, -0.15) is 0 Å². The lowest BCUT2D eigenvalue weighted by Gasteiger charge is -2.18. The standard InChI is InChI=1S/C20H23FN2O3/c1-13(20(26)14-10-11-18(24)15(21)12-14)6-2-5-9-19(25)23-17-8-4-3-7-16(17)22/h3-5,7-13,20,24,26H,2,6,22H2,1H3,(H,23,25)/b9-5+/t13-,20-/m0/s1. The third-order valence-corrected chi connectivity index (χ3v) is 4.13. The van der Waals surface area contributed by atoms with Crippen LogP contribution in [0.25, 0.3) is 0 Å². The largest absolute Gasteiger partial charge is 0.505 e. The highest BCUT2D eigenvalue weighted by Crippen LogP contribution is 2.28. The van der Waals surface area contributed by atoms with Crippen LogP contribution >= 0.6 is 0 Å². The summed E-state index contributed by atoms with van der Waals surface area (Å²) in [4.78, 5) is 11.9. The average molecular weight is 358 g/mol. The number of nitrogen functional groups attached to an aromatic ring is 1. The van der Waals surface area contributed by atoms with Gasteiger partial charge in [0.25, 0.3) is 0 Å². The zero-order valence-electron chi connectivity index (χ0n) is 14.5. The zero-order valence-corrected chi connectivity index (χ0v) is 14.5. The number of carbonyl (C=O) groups excluding carboxylic acids is 1. The molecule has 2 atom stereocenters. The molecule has 5 nitrogen and oxygen atoms in total. The van der Waals surface area contributed by atoms with Crippen molar-refractivity contribution in [2.45, 2.75) is 25.9 Å². The van der Waals surface area contributed by atoms with Crippen LogP contribution in [0.3, 0.4) is 0 Å². The second-order valence-corrected chi connectivity index (χ2v) is 6.19. The third-order valence-electron chi connectivity index (χ3n) is 4.13. The summed E-state index contributed by atoms with van der Waals surface area (Å²) >= 11 is 0. The molecule has 0 unspecified atom stereocenters. The lowest BCUT2D eigenvalue weighted by molar-refractivity contribution is -0.111. The molecule has 0 saturated heterocycles. The van der Waals surface area contributed by atoms with Crippen molar-refractivity contribution in [3.05, 3.63) is 66.0 Å². The highest BCUT2D eigenvalue weighted by atomic mass is 19.1. The van der Waals surface area contributed by atoms with E-state index < -0.39 is 17.7 Å². The number of carbonyl (C=O) groups is 1. The minimum atomic E-state index is -0.851. The van der Waals surface area contributed by atoms with Gasteiger partial charge < -0.3 is 21.3 Å². The van der Waals surface area contributed by atoms with Crippen LogP contribution in [0, 0.1) is 11.7 Å². The van der Waals surface area contributed by atoms with Crippen molar-refractivity contribution in [2.75, 3.05) is 11.1 Å². The maximum Gasteiger partial charge on any atom is 0.248 e. The monoisotopic (exact) mass is 358 g/mol. The third kappa shape index (κ3) is 5.32. The number of para-hydroxylation sites is 2. The number of aliphatic hydroxyl groups is 1. The number of anilines is 2. The molecule has 2 rings (SSSR count). The van der Waals surface area contributed by atoms with Crippen LogP contribution in [0.4, 0.5) is 15.8 Å². The number of phenolic OH excluding ortho intramolecular Hbond substituents is 1. The SMILES string of the molecule is C[C@@H](CC/C=C/C(=O)Nc1ccccc1N)[C@H](O)c1ccc(O)c(F)c1. The van der Waals surface area contributed by atoms with E-state index >= 15 is 0 Å². The Morgan fingerprint density at radius 1 is 1.31 bits per heavy atom. The number of aromatic hydroxyl groups is 1. The first kappa shape index (κ1) is 19.5. The molecule has 0 aliphatic carbocycles. The van der Waals surface area contributed by atoms with E-state index in [0.717, 1.165) is 6.07 Å². The molecule has 1 amide bonds. The van der Waals surface area contributed by atoms with Gasteiger partial charge in [0.1, 0.15) is 0 Å². The Bertz CT molecular complexity index is 792. The van der Waals surface area contributed by atoms with Gasteiger partial charge in [-0.3, -0.25) is 4.79 Å². The fourth-order valence-electron chi connectivity index (χ4n) is 2.53. The highest BCUT2D eigenvalue weighted by Gasteiger charge is 2.17. The first-order valence-corrected chi connectivity index (χ1v) is 8.37. The van der Waals surface area contributed by atoms with Gasteiger partial charge in [-0.05, 0) is 54.7 Å². The van der Waals surface area contributed by atoms with Crippen molar-refractivity contribution >= 4 is 17.3 Å². The molecule has 2 aromatic rings. The Kier molecular flexibility index (Phi) is 6.74. The predicted octanol–water partition coefficient (Wildman–Crippen LogP) is 3.76. The first-order chi connectivity index (χ1) is 12.4. The summed E-state index contributed by atoms with van der Waals surface area (Å²) in [7, 11) is 0. The van der Waals surface area contributed by atoms with E-state index in [1.165, 1.54) is 18.2 Å². The quantitative estimate of drug-likeness (QED) is 0.448. The maximum absolute atomic E-state index is 13.4. The molecule has 0 aliphatic heterocycles. The van der Waals surface area contributed by atoms with Gasteiger partial charge in [0.15, 0.2) is 11.6 Å². The van der Waals surface area contributed by atoms with E-state index in [4.69, 9.17) is 5.73 Å². The molecule has 5 N–H and O–H groups in total. The van der Waals surface area contributed by atoms with Crippen LogP contribution in [-0.2, 0) is 4.79 Å². The van der Waals surface area contributed by atoms with E-state index in [-0.39, 0.29) is 11.8 Å². The molecule has 0 radical (unpaired) electrons. The Labute approximate surface area is 152 Å². The number of allylic oxidation sites excluding steroid dienone is 1. The van der Waals surface area contributed by atoms with E-state index in [0.29, 0.717) is 29.8 Å². The molecule has 0 bridgehead atoms. The van der Waals surface area contributed by atoms with Gasteiger partial charge in [0, 0.05) is 0 Å². The molecule has 0 saturated carbocycles. The Morgan fingerprint density at radius 2 is 2.04 bits per heavy atom. The Morgan fingerprint density at radius 3 is 2.73 bits per heavy atom. The molecule has 26 heavy (non-hydrogen) atoms. The summed E-state index contributed by atoms with van der Waals surface area (Å²) in [6.07, 6.45) is 3.48. The Hall–Kier alpha value is -2.86. The molecule has 0 fully saturated rings. The minimum Gasteiger partial charge on any atom is -0.505 e. The number of aliphatic hydroxyl groups excluding tert-OH is 1. The fourth-order valence-corrected chi connectivity index (χ4v) is 2.53. The summed E-state index contributed by atoms with van der Waals surface area (Å²) in [6, 6.07) is 10.8. The molecular weight excluding hydrogens is 335 g/mol. The van der Waals surface area contributed by atoms with Crippen molar-refractivity contribution in [3.63, 3.8) is 0 Å². The Balaban J connectivity index is 1.82. The molecule has 6 heteroatoms. The molecule has 0 spiro atoms. The molecule has 138 valence electrons. The van der Waals surface area contributed by atoms with Crippen LogP contribution in [0.2, 0.25) is 0 Å². The van der Waals surface area contributed by atoms with Crippen LogP contribution < -0.4 is 11.1 Å². The van der Waals surface area contributed by atoms with E-state index in [1.54, 1.807) is 30.3 Å². The maximum atomic E-state index is 13.4. The van der Waals surface area contributed by atoms with Gasteiger partial charge in [0.2, 0.25) is 5.91 Å². The lowest BCUT2D eigenvalue weighted by Crippen LogP contribution is -2.10. The first-order valence-electron chi connectivity index (χ1n) is 8.37. The van der Waals surface area contributed by atoms with E-state index in [9.17, 15) is 19.4 Å². The summed E-state index contributed by atoms with van der Waals surface area (Å²) in [5, 5.41) is 22.2. The minimum absolute atomic E-state index is 0.142. The normalized spacial score (nSPS) is 13.5. The number of nitrogens with one attached hydrogen (secondary N) is 1. The van der Waals surface area contributed by atoms with Crippen LogP contribution in [0.1, 0.15) is 31.4 Å². The molecule has 0 aliphatic rings. The second-order valence-electron chi connectivity index (χ2n) is 6.19. The predicted molar refractivity (Wildman–Crippen MR) is 100 cm³/mol. The van der Waals surface area contributed by atoms with Gasteiger partial charge >= 0.3 is 0 Å². The number of rotatable bonds is 7. The average Bonchev–Trinajstić information content (AvgIpc) is 2.62. The van der Waals surface area contributed by atoms with Crippen molar-refractivity contribution in [2.24, 2.45) is 5.92 Å². The van der Waals surface area contributed by atoms with Crippen LogP contribution in [-0.4, -0.2) is 16.1 Å².